The summed E-state index contributed by atoms with van der Waals surface area (Å²) in [6, 6.07) is 18.7. The summed E-state index contributed by atoms with van der Waals surface area (Å²) in [7, 11) is 0. The fourth-order valence-electron chi connectivity index (χ4n) is 3.78. The first kappa shape index (κ1) is 24.8. The average molecular weight is 529 g/mol. The van der Waals surface area contributed by atoms with Gasteiger partial charge in [0.25, 0.3) is 17.7 Å². The van der Waals surface area contributed by atoms with Crippen molar-refractivity contribution >= 4 is 69.6 Å². The van der Waals surface area contributed by atoms with Gasteiger partial charge in [0.1, 0.15) is 10.7 Å². The Bertz CT molecular complexity index is 1370. The molecule has 3 amide bonds. The van der Waals surface area contributed by atoms with Gasteiger partial charge in [-0.25, -0.2) is 4.90 Å². The van der Waals surface area contributed by atoms with Crippen LogP contribution in [0.25, 0.3) is 0 Å². The molecule has 3 aromatic rings. The number of amides is 3. The molecule has 0 fully saturated rings. The van der Waals surface area contributed by atoms with E-state index in [2.05, 4.69) is 5.32 Å². The number of rotatable bonds is 6. The Morgan fingerprint density at radius 2 is 1.60 bits per heavy atom. The SMILES string of the molecule is CCN(C(=O)c1cccc(NC2=C(Cl)C(=O)N(c3cc(Cl)cc(Cl)c3)C2=O)c1)c1cccc(C)c1. The molecule has 1 aliphatic rings. The van der Waals surface area contributed by atoms with Crippen molar-refractivity contribution in [3.63, 3.8) is 0 Å². The molecule has 35 heavy (non-hydrogen) atoms. The Hall–Kier alpha value is -3.32. The molecule has 0 saturated carbocycles. The maximum atomic E-state index is 13.3. The van der Waals surface area contributed by atoms with Crippen molar-refractivity contribution in [2.75, 3.05) is 21.7 Å². The monoisotopic (exact) mass is 527 g/mol. The normalized spacial score (nSPS) is 13.5. The van der Waals surface area contributed by atoms with Gasteiger partial charge in [0.2, 0.25) is 0 Å². The number of hydrogen-bond acceptors (Lipinski definition) is 4. The van der Waals surface area contributed by atoms with Crippen LogP contribution in [-0.4, -0.2) is 24.3 Å². The van der Waals surface area contributed by atoms with Crippen LogP contribution >= 0.6 is 34.8 Å². The highest BCUT2D eigenvalue weighted by Gasteiger charge is 2.39. The lowest BCUT2D eigenvalue weighted by molar-refractivity contribution is -0.120. The second-order valence-electron chi connectivity index (χ2n) is 7.86. The number of aryl methyl sites for hydroxylation is 1. The van der Waals surface area contributed by atoms with Crippen LogP contribution in [0.1, 0.15) is 22.8 Å². The minimum atomic E-state index is -0.707. The van der Waals surface area contributed by atoms with Crippen LogP contribution in [0.15, 0.2) is 77.5 Å². The lowest BCUT2D eigenvalue weighted by Gasteiger charge is -2.22. The summed E-state index contributed by atoms with van der Waals surface area (Å²) in [5.41, 5.74) is 2.76. The zero-order chi connectivity index (χ0) is 25.3. The van der Waals surface area contributed by atoms with E-state index in [1.807, 2.05) is 38.1 Å². The van der Waals surface area contributed by atoms with Crippen LogP contribution in [0.3, 0.4) is 0 Å². The predicted octanol–water partition coefficient (Wildman–Crippen LogP) is 6.40. The van der Waals surface area contributed by atoms with Gasteiger partial charge in [-0.2, -0.15) is 0 Å². The summed E-state index contributed by atoms with van der Waals surface area (Å²) in [5.74, 6) is -1.57. The molecule has 0 spiro atoms. The molecule has 1 aliphatic heterocycles. The van der Waals surface area contributed by atoms with Gasteiger partial charge in [-0.15, -0.1) is 0 Å². The second kappa shape index (κ2) is 10.1. The number of benzene rings is 3. The second-order valence-corrected chi connectivity index (χ2v) is 9.11. The lowest BCUT2D eigenvalue weighted by atomic mass is 10.1. The first-order valence-electron chi connectivity index (χ1n) is 10.7. The molecule has 0 saturated heterocycles. The smallest absolute Gasteiger partial charge is 0.283 e. The maximum Gasteiger partial charge on any atom is 0.283 e. The van der Waals surface area contributed by atoms with Crippen molar-refractivity contribution in [2.45, 2.75) is 13.8 Å². The van der Waals surface area contributed by atoms with Crippen molar-refractivity contribution in [1.82, 2.24) is 0 Å². The lowest BCUT2D eigenvalue weighted by Crippen LogP contribution is -2.32. The molecule has 4 rings (SSSR count). The van der Waals surface area contributed by atoms with Crippen molar-refractivity contribution in [3.05, 3.63) is 98.6 Å². The molecule has 6 nitrogen and oxygen atoms in total. The van der Waals surface area contributed by atoms with Crippen molar-refractivity contribution < 1.29 is 14.4 Å². The van der Waals surface area contributed by atoms with Crippen molar-refractivity contribution in [1.29, 1.82) is 0 Å². The molecule has 0 unspecified atom stereocenters. The summed E-state index contributed by atoms with van der Waals surface area (Å²) in [5, 5.41) is 3.16. The fourth-order valence-corrected chi connectivity index (χ4v) is 4.51. The van der Waals surface area contributed by atoms with Gasteiger partial charge in [0.15, 0.2) is 0 Å². The standard InChI is InChI=1S/C26H20Cl3N3O3/c1-3-31(20-9-4-6-15(2)10-20)24(33)16-7-5-8-19(11-16)30-23-22(29)25(34)32(26(23)35)21-13-17(27)12-18(28)14-21/h4-14,30H,3H2,1-2H3. The van der Waals surface area contributed by atoms with Gasteiger partial charge in [0.05, 0.1) is 5.69 Å². The van der Waals surface area contributed by atoms with Crippen LogP contribution in [-0.2, 0) is 9.59 Å². The number of nitrogens with zero attached hydrogens (tertiary/aromatic N) is 2. The number of carbonyl (C=O) groups is 3. The summed E-state index contributed by atoms with van der Waals surface area (Å²) >= 11 is 18.3. The molecular formula is C26H20Cl3N3O3. The summed E-state index contributed by atoms with van der Waals surface area (Å²) in [6.45, 7) is 4.33. The Balaban J connectivity index is 1.60. The number of imide groups is 1. The Morgan fingerprint density at radius 3 is 2.26 bits per heavy atom. The van der Waals surface area contributed by atoms with Gasteiger partial charge in [-0.05, 0) is 67.9 Å². The molecule has 0 atom stereocenters. The molecule has 178 valence electrons. The first-order chi connectivity index (χ1) is 16.7. The summed E-state index contributed by atoms with van der Waals surface area (Å²) in [6.07, 6.45) is 0. The summed E-state index contributed by atoms with van der Waals surface area (Å²) < 4.78 is 0. The minimum absolute atomic E-state index is 0.108. The topological polar surface area (TPSA) is 69.7 Å². The number of anilines is 3. The molecule has 3 aromatic carbocycles. The zero-order valence-corrected chi connectivity index (χ0v) is 21.1. The largest absolute Gasteiger partial charge is 0.350 e. The third-order valence-electron chi connectivity index (χ3n) is 5.39. The van der Waals surface area contributed by atoms with Crippen molar-refractivity contribution in [3.8, 4) is 0 Å². The average Bonchev–Trinajstić information content (AvgIpc) is 3.02. The predicted molar refractivity (Wildman–Crippen MR) is 140 cm³/mol. The van der Waals surface area contributed by atoms with Crippen LogP contribution in [0.4, 0.5) is 17.1 Å². The van der Waals surface area contributed by atoms with Crippen molar-refractivity contribution in [2.24, 2.45) is 0 Å². The van der Waals surface area contributed by atoms with E-state index in [0.29, 0.717) is 17.8 Å². The van der Waals surface area contributed by atoms with Gasteiger partial charge < -0.3 is 10.2 Å². The molecule has 0 radical (unpaired) electrons. The van der Waals surface area contributed by atoms with Crippen LogP contribution in [0.2, 0.25) is 10.0 Å². The quantitative estimate of drug-likeness (QED) is 0.376. The molecular weight excluding hydrogens is 509 g/mol. The van der Waals surface area contributed by atoms with Crippen LogP contribution in [0.5, 0.6) is 0 Å². The number of carbonyl (C=O) groups excluding carboxylic acids is 3. The molecule has 9 heteroatoms. The van der Waals surface area contributed by atoms with E-state index in [1.54, 1.807) is 29.2 Å². The van der Waals surface area contributed by atoms with Gasteiger partial charge in [-0.3, -0.25) is 14.4 Å². The molecule has 0 bridgehead atoms. The van der Waals surface area contributed by atoms with Gasteiger partial charge >= 0.3 is 0 Å². The number of halogens is 3. The Labute approximate surface area is 217 Å². The third-order valence-corrected chi connectivity index (χ3v) is 6.17. The highest BCUT2D eigenvalue weighted by molar-refractivity contribution is 6.53. The summed E-state index contributed by atoms with van der Waals surface area (Å²) in [4.78, 5) is 41.7. The molecule has 0 aromatic heterocycles. The van der Waals surface area contributed by atoms with E-state index in [0.717, 1.165) is 16.2 Å². The van der Waals surface area contributed by atoms with Gasteiger partial charge in [0, 0.05) is 33.5 Å². The first-order valence-corrected chi connectivity index (χ1v) is 11.8. The van der Waals surface area contributed by atoms with E-state index < -0.39 is 11.8 Å². The maximum absolute atomic E-state index is 13.3. The number of hydrogen-bond donors (Lipinski definition) is 1. The van der Waals surface area contributed by atoms with E-state index in [4.69, 9.17) is 34.8 Å². The van der Waals surface area contributed by atoms with E-state index in [1.165, 1.54) is 18.2 Å². The molecule has 1 N–H and O–H groups in total. The molecule has 0 aliphatic carbocycles. The fraction of sp³-hybridized carbons (Fsp3) is 0.115. The Kier molecular flexibility index (Phi) is 7.17. The highest BCUT2D eigenvalue weighted by atomic mass is 35.5. The highest BCUT2D eigenvalue weighted by Crippen LogP contribution is 2.33. The van der Waals surface area contributed by atoms with E-state index in [-0.39, 0.29) is 32.4 Å². The molecule has 1 heterocycles. The minimum Gasteiger partial charge on any atom is -0.350 e. The van der Waals surface area contributed by atoms with Crippen LogP contribution < -0.4 is 15.1 Å². The van der Waals surface area contributed by atoms with Gasteiger partial charge in [-0.1, -0.05) is 53.0 Å². The van der Waals surface area contributed by atoms with E-state index in [9.17, 15) is 14.4 Å². The Morgan fingerprint density at radius 1 is 0.914 bits per heavy atom. The van der Waals surface area contributed by atoms with E-state index >= 15 is 0 Å². The zero-order valence-electron chi connectivity index (χ0n) is 18.8. The third kappa shape index (κ3) is 5.05. The number of nitrogens with one attached hydrogen (secondary N) is 1. The van der Waals surface area contributed by atoms with Crippen LogP contribution in [0, 0.1) is 6.92 Å².